The van der Waals surface area contributed by atoms with E-state index in [1.807, 2.05) is 0 Å². The Hall–Kier alpha value is -3.68. The maximum Gasteiger partial charge on any atom is 0.251 e. The van der Waals surface area contributed by atoms with Gasteiger partial charge >= 0.3 is 0 Å². The third-order valence-corrected chi connectivity index (χ3v) is 5.96. The van der Waals surface area contributed by atoms with Gasteiger partial charge in [0.2, 0.25) is 11.8 Å². The summed E-state index contributed by atoms with van der Waals surface area (Å²) in [7, 11) is 0. The smallest absolute Gasteiger partial charge is 0.251 e. The molecule has 4 amide bonds. The van der Waals surface area contributed by atoms with Crippen molar-refractivity contribution < 1.29 is 19.2 Å². The summed E-state index contributed by atoms with van der Waals surface area (Å²) in [5, 5.41) is 0. The molecule has 4 N–H and O–H groups in total. The van der Waals surface area contributed by atoms with Crippen LogP contribution in [0.2, 0.25) is 0 Å². The lowest BCUT2D eigenvalue weighted by molar-refractivity contribution is -0.142. The number of carbonyl (C=O) groups is 4. The summed E-state index contributed by atoms with van der Waals surface area (Å²) in [6.45, 7) is 3.04. The molecule has 2 fully saturated rings. The number of nitrogen functional groups attached to an aromatic ring is 2. The molecule has 0 radical (unpaired) electrons. The molecule has 1 spiro atoms. The Morgan fingerprint density at radius 3 is 1.28 bits per heavy atom. The monoisotopic (exact) mass is 392 g/mol. The van der Waals surface area contributed by atoms with Crippen molar-refractivity contribution in [1.29, 1.82) is 0 Å². The lowest BCUT2D eigenvalue weighted by Crippen LogP contribution is -2.46. The summed E-state index contributed by atoms with van der Waals surface area (Å²) in [5.74, 6) is -4.40. The Morgan fingerprint density at radius 2 is 0.966 bits per heavy atom. The topological polar surface area (TPSA) is 127 Å². The fourth-order valence-electron chi connectivity index (χ4n) is 4.29. The van der Waals surface area contributed by atoms with Crippen LogP contribution in [0.3, 0.4) is 0 Å². The molecule has 29 heavy (non-hydrogen) atoms. The summed E-state index contributed by atoms with van der Waals surface area (Å²) in [6, 6.07) is 12.4. The van der Waals surface area contributed by atoms with Crippen molar-refractivity contribution in [2.75, 3.05) is 21.3 Å². The zero-order valence-corrected chi connectivity index (χ0v) is 16.0. The van der Waals surface area contributed by atoms with Crippen molar-refractivity contribution >= 4 is 46.4 Å². The van der Waals surface area contributed by atoms with Crippen LogP contribution in [0.4, 0.5) is 22.7 Å². The Balaban J connectivity index is 1.82. The molecule has 3 atom stereocenters. The van der Waals surface area contributed by atoms with E-state index in [2.05, 4.69) is 0 Å². The van der Waals surface area contributed by atoms with Crippen LogP contribution < -0.4 is 21.3 Å². The Bertz CT molecular complexity index is 960. The maximum atomic E-state index is 13.5. The average Bonchev–Trinajstić information content (AvgIpc) is 3.02. The van der Waals surface area contributed by atoms with Crippen LogP contribution in [-0.4, -0.2) is 23.6 Å². The number of anilines is 4. The molecule has 4 rings (SSSR count). The molecule has 148 valence electrons. The van der Waals surface area contributed by atoms with Gasteiger partial charge in [0.15, 0.2) is 5.41 Å². The van der Waals surface area contributed by atoms with Gasteiger partial charge in [-0.1, -0.05) is 13.8 Å². The Morgan fingerprint density at radius 1 is 0.655 bits per heavy atom. The molecule has 2 heterocycles. The maximum absolute atomic E-state index is 13.5. The van der Waals surface area contributed by atoms with Crippen molar-refractivity contribution in [2.45, 2.75) is 13.8 Å². The van der Waals surface area contributed by atoms with Gasteiger partial charge in [-0.05, 0) is 48.5 Å². The zero-order chi connectivity index (χ0) is 21.1. The molecule has 0 saturated carbocycles. The van der Waals surface area contributed by atoms with Gasteiger partial charge in [-0.25, -0.2) is 9.80 Å². The van der Waals surface area contributed by atoms with Crippen LogP contribution in [0.5, 0.6) is 0 Å². The van der Waals surface area contributed by atoms with Crippen molar-refractivity contribution in [1.82, 2.24) is 0 Å². The quantitative estimate of drug-likeness (QED) is 0.454. The molecule has 8 nitrogen and oxygen atoms in total. The van der Waals surface area contributed by atoms with Crippen molar-refractivity contribution in [3.05, 3.63) is 48.5 Å². The molecule has 0 aromatic heterocycles. The highest BCUT2D eigenvalue weighted by Gasteiger charge is 2.72. The van der Waals surface area contributed by atoms with Gasteiger partial charge < -0.3 is 11.5 Å². The summed E-state index contributed by atoms with van der Waals surface area (Å²) >= 11 is 0. The molecule has 2 aromatic carbocycles. The molecule has 2 aliphatic rings. The number of nitrogens with zero attached hydrogens (tertiary/aromatic N) is 2. The van der Waals surface area contributed by atoms with Gasteiger partial charge in [-0.2, -0.15) is 0 Å². The summed E-state index contributed by atoms with van der Waals surface area (Å²) in [4.78, 5) is 55.0. The van der Waals surface area contributed by atoms with Gasteiger partial charge in [0.05, 0.1) is 23.2 Å². The van der Waals surface area contributed by atoms with Crippen LogP contribution in [0, 0.1) is 17.3 Å². The molecule has 0 bridgehead atoms. The first kappa shape index (κ1) is 18.7. The largest absolute Gasteiger partial charge is 0.399 e. The van der Waals surface area contributed by atoms with Crippen molar-refractivity contribution in [2.24, 2.45) is 17.3 Å². The van der Waals surface area contributed by atoms with E-state index in [4.69, 9.17) is 11.5 Å². The predicted molar refractivity (Wildman–Crippen MR) is 107 cm³/mol. The Labute approximate surface area is 167 Å². The van der Waals surface area contributed by atoms with Crippen LogP contribution in [0.25, 0.3) is 0 Å². The van der Waals surface area contributed by atoms with E-state index in [-0.39, 0.29) is 0 Å². The number of imide groups is 2. The molecule has 2 aliphatic heterocycles. The molecule has 8 heteroatoms. The number of hydrogen-bond donors (Lipinski definition) is 2. The van der Waals surface area contributed by atoms with E-state index < -0.39 is 40.9 Å². The average molecular weight is 392 g/mol. The first-order valence-corrected chi connectivity index (χ1v) is 9.19. The Kier molecular flexibility index (Phi) is 3.97. The van der Waals surface area contributed by atoms with Crippen LogP contribution >= 0.6 is 0 Å². The van der Waals surface area contributed by atoms with E-state index in [9.17, 15) is 19.2 Å². The van der Waals surface area contributed by atoms with Crippen molar-refractivity contribution in [3.8, 4) is 0 Å². The van der Waals surface area contributed by atoms with Gasteiger partial charge in [-0.15, -0.1) is 0 Å². The molecule has 2 aromatic rings. The number of carbonyl (C=O) groups excluding carboxylic acids is 4. The molecule has 2 saturated heterocycles. The normalized spacial score (nSPS) is 26.8. The number of rotatable bonds is 2. The number of benzene rings is 2. The third-order valence-electron chi connectivity index (χ3n) is 5.96. The first-order valence-electron chi connectivity index (χ1n) is 9.19. The highest BCUT2D eigenvalue weighted by atomic mass is 16.2. The summed E-state index contributed by atoms with van der Waals surface area (Å²) in [5.41, 5.74) is 11.2. The standard InChI is InChI=1S/C21H20N4O4/c1-11-17(26)24(15-7-3-13(22)4-8-15)19(28)21(11)12(2)18(27)25(20(21)29)16-9-5-14(23)6-10-16/h3-12H,22-23H2,1-2H3/t11-,12?,21?/m0/s1. The van der Waals surface area contributed by atoms with Crippen LogP contribution in [0.15, 0.2) is 48.5 Å². The van der Waals surface area contributed by atoms with Gasteiger partial charge in [0.1, 0.15) is 0 Å². The molecular formula is C21H20N4O4. The molecule has 2 unspecified atom stereocenters. The number of nitrogens with two attached hydrogens (primary N) is 2. The fourth-order valence-corrected chi connectivity index (χ4v) is 4.29. The van der Waals surface area contributed by atoms with Crippen LogP contribution in [-0.2, 0) is 19.2 Å². The SMILES string of the molecule is CC1C(=O)N(c2ccc(N)cc2)C(=O)C12C(=O)N(c1ccc(N)cc1)C(=O)[C@@H]2C. The van der Waals surface area contributed by atoms with E-state index in [0.717, 1.165) is 9.80 Å². The van der Waals surface area contributed by atoms with Crippen molar-refractivity contribution in [3.63, 3.8) is 0 Å². The first-order chi connectivity index (χ1) is 13.7. The minimum Gasteiger partial charge on any atom is -0.399 e. The third kappa shape index (κ3) is 2.32. The number of amides is 4. The molecular weight excluding hydrogens is 372 g/mol. The second-order valence-electron chi connectivity index (χ2n) is 7.45. The second-order valence-corrected chi connectivity index (χ2v) is 7.45. The van der Waals surface area contributed by atoms with E-state index in [0.29, 0.717) is 22.7 Å². The minimum atomic E-state index is -1.78. The fraction of sp³-hybridized carbons (Fsp3) is 0.238. The molecule has 0 aliphatic carbocycles. The van der Waals surface area contributed by atoms with E-state index in [1.165, 1.54) is 13.8 Å². The highest BCUT2D eigenvalue weighted by molar-refractivity contribution is 6.39. The number of hydrogen-bond acceptors (Lipinski definition) is 6. The van der Waals surface area contributed by atoms with Gasteiger partial charge in [-0.3, -0.25) is 19.2 Å². The lowest BCUT2D eigenvalue weighted by atomic mass is 9.70. The highest BCUT2D eigenvalue weighted by Crippen LogP contribution is 2.52. The zero-order valence-electron chi connectivity index (χ0n) is 16.0. The second kappa shape index (κ2) is 6.16. The predicted octanol–water partition coefficient (Wildman–Crippen LogP) is 1.56. The minimum absolute atomic E-state index is 0.316. The van der Waals surface area contributed by atoms with Gasteiger partial charge in [0.25, 0.3) is 11.8 Å². The van der Waals surface area contributed by atoms with E-state index in [1.54, 1.807) is 48.5 Å². The lowest BCUT2D eigenvalue weighted by Gasteiger charge is -2.25. The summed E-state index contributed by atoms with van der Waals surface area (Å²) < 4.78 is 0. The van der Waals surface area contributed by atoms with E-state index >= 15 is 0 Å². The summed E-state index contributed by atoms with van der Waals surface area (Å²) in [6.07, 6.45) is 0. The van der Waals surface area contributed by atoms with Gasteiger partial charge in [0, 0.05) is 11.4 Å². The van der Waals surface area contributed by atoms with Crippen LogP contribution in [0.1, 0.15) is 13.8 Å².